The van der Waals surface area contributed by atoms with Gasteiger partial charge in [0.2, 0.25) is 0 Å². The van der Waals surface area contributed by atoms with Crippen molar-refractivity contribution in [2.45, 2.75) is 26.4 Å². The molecule has 0 atom stereocenters. The zero-order valence-corrected chi connectivity index (χ0v) is 17.9. The lowest BCUT2D eigenvalue weighted by Gasteiger charge is -2.31. The van der Waals surface area contributed by atoms with Gasteiger partial charge in [-0.2, -0.15) is 10.4 Å². The summed E-state index contributed by atoms with van der Waals surface area (Å²) in [7, 11) is 0. The molecule has 1 aromatic carbocycles. The number of aromatic nitrogens is 3. The van der Waals surface area contributed by atoms with Crippen LogP contribution in [0.1, 0.15) is 29.7 Å². The first-order valence-electron chi connectivity index (χ1n) is 10.1. The molecule has 4 rings (SSSR count). The fourth-order valence-corrected chi connectivity index (χ4v) is 4.01. The Morgan fingerprint density at radius 1 is 1.23 bits per heavy atom. The number of pyridine rings is 1. The highest BCUT2D eigenvalue weighted by Gasteiger charge is 2.27. The number of hydrogen-bond donors (Lipinski definition) is 0. The van der Waals surface area contributed by atoms with Crippen LogP contribution in [-0.2, 0) is 16.1 Å². The largest absolute Gasteiger partial charge is 0.460 e. The summed E-state index contributed by atoms with van der Waals surface area (Å²) in [6, 6.07) is 15.3. The summed E-state index contributed by atoms with van der Waals surface area (Å²) < 4.78 is 7.26. The Balaban J connectivity index is 1.34. The van der Waals surface area contributed by atoms with Gasteiger partial charge in [0.1, 0.15) is 23.6 Å². The number of carbonyl (C=O) groups excluding carboxylic acids is 1. The minimum atomic E-state index is -0.213. The van der Waals surface area contributed by atoms with Gasteiger partial charge >= 0.3 is 5.97 Å². The molecule has 8 heteroatoms. The van der Waals surface area contributed by atoms with Gasteiger partial charge in [0, 0.05) is 24.8 Å². The van der Waals surface area contributed by atoms with Crippen LogP contribution < -0.4 is 4.90 Å². The summed E-state index contributed by atoms with van der Waals surface area (Å²) >= 11 is 6.52. The number of nitriles is 1. The number of halogens is 1. The van der Waals surface area contributed by atoms with E-state index in [0.717, 1.165) is 22.8 Å². The molecule has 1 saturated heterocycles. The Kier molecular flexibility index (Phi) is 6.19. The van der Waals surface area contributed by atoms with Gasteiger partial charge < -0.3 is 9.64 Å². The third kappa shape index (κ3) is 4.54. The van der Waals surface area contributed by atoms with Crippen molar-refractivity contribution in [1.82, 2.24) is 14.8 Å². The molecular formula is C23H22ClN5O2. The van der Waals surface area contributed by atoms with Gasteiger partial charge in [0.15, 0.2) is 0 Å². The predicted molar refractivity (Wildman–Crippen MR) is 117 cm³/mol. The minimum absolute atomic E-state index is 0.105. The van der Waals surface area contributed by atoms with Crippen LogP contribution in [0.5, 0.6) is 0 Å². The van der Waals surface area contributed by atoms with Gasteiger partial charge in [-0.15, -0.1) is 0 Å². The molecule has 0 amide bonds. The lowest BCUT2D eigenvalue weighted by molar-refractivity contribution is -0.150. The summed E-state index contributed by atoms with van der Waals surface area (Å²) in [5, 5.41) is 13.8. The standard InChI is InChI=1S/C23H22ClN5O2/c1-16-20(22(24)29(27-16)19-5-3-2-4-6-19)15-31-23(30)18-9-11-28(12-10-18)21-8-7-17(13-25)14-26-21/h2-8,14,18H,9-12,15H2,1H3. The molecule has 1 fully saturated rings. The fourth-order valence-electron chi connectivity index (χ4n) is 3.68. The minimum Gasteiger partial charge on any atom is -0.460 e. The molecule has 0 bridgehead atoms. The number of esters is 1. The second-order valence-electron chi connectivity index (χ2n) is 7.49. The molecule has 7 nitrogen and oxygen atoms in total. The number of anilines is 1. The van der Waals surface area contributed by atoms with Crippen molar-refractivity contribution >= 4 is 23.4 Å². The molecule has 0 radical (unpaired) electrons. The van der Waals surface area contributed by atoms with Gasteiger partial charge in [-0.25, -0.2) is 9.67 Å². The van der Waals surface area contributed by atoms with Gasteiger partial charge in [0.25, 0.3) is 0 Å². The van der Waals surface area contributed by atoms with E-state index >= 15 is 0 Å². The lowest BCUT2D eigenvalue weighted by Crippen LogP contribution is -2.37. The highest BCUT2D eigenvalue weighted by atomic mass is 35.5. The number of benzene rings is 1. The first-order valence-corrected chi connectivity index (χ1v) is 10.5. The van der Waals surface area contributed by atoms with Crippen molar-refractivity contribution in [1.29, 1.82) is 5.26 Å². The molecule has 1 aliphatic heterocycles. The molecule has 1 aliphatic rings. The number of ether oxygens (including phenoxy) is 1. The molecule has 2 aromatic heterocycles. The van der Waals surface area contributed by atoms with E-state index in [2.05, 4.69) is 21.1 Å². The summed E-state index contributed by atoms with van der Waals surface area (Å²) in [5.74, 6) is 0.454. The SMILES string of the molecule is Cc1nn(-c2ccccc2)c(Cl)c1COC(=O)C1CCN(c2ccc(C#N)cn2)CC1. The number of rotatable bonds is 5. The molecule has 31 heavy (non-hydrogen) atoms. The monoisotopic (exact) mass is 435 g/mol. The van der Waals surface area contributed by atoms with Crippen LogP contribution in [0.4, 0.5) is 5.82 Å². The first-order chi connectivity index (χ1) is 15.1. The van der Waals surface area contributed by atoms with Crippen LogP contribution in [0.2, 0.25) is 5.15 Å². The van der Waals surface area contributed by atoms with E-state index in [1.807, 2.05) is 43.3 Å². The van der Waals surface area contributed by atoms with Crippen molar-refractivity contribution < 1.29 is 9.53 Å². The third-order valence-corrected chi connectivity index (χ3v) is 5.90. The molecule has 0 spiro atoms. The quantitative estimate of drug-likeness (QED) is 0.562. The average Bonchev–Trinajstić information content (AvgIpc) is 3.11. The topological polar surface area (TPSA) is 84.0 Å². The molecular weight excluding hydrogens is 414 g/mol. The fraction of sp³-hybridized carbons (Fsp3) is 0.304. The predicted octanol–water partition coefficient (Wildman–Crippen LogP) is 4.06. The smallest absolute Gasteiger partial charge is 0.309 e. The van der Waals surface area contributed by atoms with E-state index in [-0.39, 0.29) is 18.5 Å². The maximum atomic E-state index is 12.6. The molecule has 0 saturated carbocycles. The van der Waals surface area contributed by atoms with E-state index in [1.165, 1.54) is 0 Å². The maximum absolute atomic E-state index is 12.6. The first kappa shape index (κ1) is 20.9. The highest BCUT2D eigenvalue weighted by molar-refractivity contribution is 6.30. The normalized spacial score (nSPS) is 14.3. The van der Waals surface area contributed by atoms with Crippen LogP contribution in [0.3, 0.4) is 0 Å². The Labute approximate surface area is 185 Å². The number of para-hydroxylation sites is 1. The van der Waals surface area contributed by atoms with Crippen LogP contribution in [0, 0.1) is 24.2 Å². The van der Waals surface area contributed by atoms with E-state index in [0.29, 0.717) is 36.6 Å². The van der Waals surface area contributed by atoms with Gasteiger partial charge in [-0.3, -0.25) is 4.79 Å². The number of piperidine rings is 1. The van der Waals surface area contributed by atoms with E-state index < -0.39 is 0 Å². The van der Waals surface area contributed by atoms with Crippen molar-refractivity contribution in [2.24, 2.45) is 5.92 Å². The van der Waals surface area contributed by atoms with Crippen LogP contribution in [0.25, 0.3) is 5.69 Å². The Morgan fingerprint density at radius 2 is 1.97 bits per heavy atom. The van der Waals surface area contributed by atoms with Crippen LogP contribution in [0.15, 0.2) is 48.7 Å². The lowest BCUT2D eigenvalue weighted by atomic mass is 9.97. The Hall–Kier alpha value is -3.37. The Morgan fingerprint density at radius 3 is 2.61 bits per heavy atom. The molecule has 3 heterocycles. The van der Waals surface area contributed by atoms with Gasteiger partial charge in [0.05, 0.1) is 22.9 Å². The average molecular weight is 436 g/mol. The van der Waals surface area contributed by atoms with Gasteiger partial charge in [-0.05, 0) is 44.0 Å². The summed E-state index contributed by atoms with van der Waals surface area (Å²) in [6.45, 7) is 3.39. The van der Waals surface area contributed by atoms with Gasteiger partial charge in [-0.1, -0.05) is 29.8 Å². The van der Waals surface area contributed by atoms with Crippen LogP contribution >= 0.6 is 11.6 Å². The number of nitrogens with zero attached hydrogens (tertiary/aromatic N) is 5. The second kappa shape index (κ2) is 9.19. The summed E-state index contributed by atoms with van der Waals surface area (Å²) in [5.41, 5.74) is 2.85. The zero-order valence-electron chi connectivity index (χ0n) is 17.2. The van der Waals surface area contributed by atoms with Crippen molar-refractivity contribution in [2.75, 3.05) is 18.0 Å². The number of hydrogen-bond acceptors (Lipinski definition) is 6. The number of aryl methyl sites for hydroxylation is 1. The molecule has 0 unspecified atom stereocenters. The van der Waals surface area contributed by atoms with Crippen molar-refractivity contribution in [3.05, 3.63) is 70.6 Å². The second-order valence-corrected chi connectivity index (χ2v) is 7.85. The van der Waals surface area contributed by atoms with Crippen LogP contribution in [-0.4, -0.2) is 33.8 Å². The zero-order chi connectivity index (χ0) is 21.8. The summed E-state index contributed by atoms with van der Waals surface area (Å²) in [6.07, 6.45) is 2.95. The third-order valence-electron chi connectivity index (χ3n) is 5.51. The van der Waals surface area contributed by atoms with Crippen molar-refractivity contribution in [3.8, 4) is 11.8 Å². The molecule has 0 N–H and O–H groups in total. The maximum Gasteiger partial charge on any atom is 0.309 e. The number of carbonyl (C=O) groups is 1. The molecule has 0 aliphatic carbocycles. The molecule has 158 valence electrons. The highest BCUT2D eigenvalue weighted by Crippen LogP contribution is 2.26. The van der Waals surface area contributed by atoms with E-state index in [4.69, 9.17) is 21.6 Å². The van der Waals surface area contributed by atoms with Crippen molar-refractivity contribution in [3.63, 3.8) is 0 Å². The summed E-state index contributed by atoms with van der Waals surface area (Å²) in [4.78, 5) is 19.1. The van der Waals surface area contributed by atoms with E-state index in [1.54, 1.807) is 16.9 Å². The molecule has 3 aromatic rings. The Bertz CT molecular complexity index is 1100. The van der Waals surface area contributed by atoms with E-state index in [9.17, 15) is 4.79 Å².